The molecule has 0 aliphatic carbocycles. The maximum Gasteiger partial charge on any atom is 0.345 e. The second-order valence-electron chi connectivity index (χ2n) is 4.82. The summed E-state index contributed by atoms with van der Waals surface area (Å²) in [6, 6.07) is 0. The van der Waals surface area contributed by atoms with E-state index in [-0.39, 0.29) is 12.1 Å². The highest BCUT2D eigenvalue weighted by Gasteiger charge is 2.57. The zero-order valence-corrected chi connectivity index (χ0v) is 10.1. The highest BCUT2D eigenvalue weighted by atomic mass is 17.3. The molecule has 4 nitrogen and oxygen atoms in total. The van der Waals surface area contributed by atoms with E-state index in [1.807, 2.05) is 34.6 Å². The highest BCUT2D eigenvalue weighted by molar-refractivity contribution is 5.81. The van der Waals surface area contributed by atoms with E-state index in [0.29, 0.717) is 6.42 Å². The SMILES string of the molecule is CCC1OOC1(CC)C(=O)OC(C)(C)C. The van der Waals surface area contributed by atoms with E-state index in [9.17, 15) is 4.79 Å². The Morgan fingerprint density at radius 1 is 1.40 bits per heavy atom. The standard InChI is InChI=1S/C11H20O4/c1-6-8-11(7-2,15-14-8)9(12)13-10(3,4)5/h8H,6-7H2,1-5H3. The maximum atomic E-state index is 11.9. The van der Waals surface area contributed by atoms with E-state index in [2.05, 4.69) is 0 Å². The summed E-state index contributed by atoms with van der Waals surface area (Å²) in [7, 11) is 0. The lowest BCUT2D eigenvalue weighted by Crippen LogP contribution is -2.62. The van der Waals surface area contributed by atoms with Crippen molar-refractivity contribution in [3.63, 3.8) is 0 Å². The van der Waals surface area contributed by atoms with Crippen LogP contribution in [0.1, 0.15) is 47.5 Å². The largest absolute Gasteiger partial charge is 0.458 e. The Morgan fingerprint density at radius 3 is 2.27 bits per heavy atom. The molecule has 0 radical (unpaired) electrons. The minimum atomic E-state index is -0.887. The average molecular weight is 216 g/mol. The Bertz CT molecular complexity index is 237. The molecule has 0 aromatic carbocycles. The molecule has 1 heterocycles. The first-order valence-corrected chi connectivity index (χ1v) is 5.43. The molecule has 0 saturated carbocycles. The van der Waals surface area contributed by atoms with Crippen molar-refractivity contribution in [2.45, 2.75) is 64.8 Å². The predicted molar refractivity (Wildman–Crippen MR) is 55.1 cm³/mol. The summed E-state index contributed by atoms with van der Waals surface area (Å²) in [5, 5.41) is 0. The number of esters is 1. The summed E-state index contributed by atoms with van der Waals surface area (Å²) in [6.45, 7) is 9.38. The lowest BCUT2D eigenvalue weighted by molar-refractivity contribution is -0.498. The van der Waals surface area contributed by atoms with Gasteiger partial charge in [0.2, 0.25) is 5.60 Å². The fraction of sp³-hybridized carbons (Fsp3) is 0.909. The summed E-state index contributed by atoms with van der Waals surface area (Å²) in [6.07, 6.45) is 1.13. The molecule has 1 saturated heterocycles. The topological polar surface area (TPSA) is 44.8 Å². The molecule has 1 fully saturated rings. The molecule has 4 heteroatoms. The molecule has 0 aromatic heterocycles. The second kappa shape index (κ2) is 4.10. The van der Waals surface area contributed by atoms with Gasteiger partial charge in [-0.05, 0) is 33.6 Å². The normalized spacial score (nSPS) is 30.9. The lowest BCUT2D eigenvalue weighted by Gasteiger charge is -2.44. The van der Waals surface area contributed by atoms with Crippen LogP contribution >= 0.6 is 0 Å². The molecule has 2 atom stereocenters. The van der Waals surface area contributed by atoms with Gasteiger partial charge in [-0.25, -0.2) is 14.6 Å². The summed E-state index contributed by atoms with van der Waals surface area (Å²) < 4.78 is 5.32. The Labute approximate surface area is 90.8 Å². The van der Waals surface area contributed by atoms with Gasteiger partial charge in [-0.1, -0.05) is 13.8 Å². The number of carbonyl (C=O) groups excluding carboxylic acids is 1. The smallest absolute Gasteiger partial charge is 0.345 e. The molecule has 1 rings (SSSR count). The number of rotatable bonds is 3. The van der Waals surface area contributed by atoms with Crippen LogP contribution in [0.3, 0.4) is 0 Å². The molecule has 0 N–H and O–H groups in total. The van der Waals surface area contributed by atoms with E-state index in [0.717, 1.165) is 6.42 Å². The minimum Gasteiger partial charge on any atom is -0.458 e. The lowest BCUT2D eigenvalue weighted by atomic mass is 9.90. The number of hydrogen-bond acceptors (Lipinski definition) is 4. The first-order valence-electron chi connectivity index (χ1n) is 5.43. The van der Waals surface area contributed by atoms with Gasteiger partial charge in [0.05, 0.1) is 0 Å². The zero-order valence-electron chi connectivity index (χ0n) is 10.1. The third kappa shape index (κ3) is 2.32. The molecule has 2 unspecified atom stereocenters. The first-order chi connectivity index (χ1) is 6.85. The molecule has 0 bridgehead atoms. The van der Waals surface area contributed by atoms with Crippen molar-refractivity contribution in [3.05, 3.63) is 0 Å². The molecule has 88 valence electrons. The Balaban J connectivity index is 2.71. The summed E-state index contributed by atoms with van der Waals surface area (Å²) in [5.41, 5.74) is -1.38. The third-order valence-corrected chi connectivity index (χ3v) is 2.47. The van der Waals surface area contributed by atoms with Crippen LogP contribution in [0.2, 0.25) is 0 Å². The van der Waals surface area contributed by atoms with Gasteiger partial charge in [0.25, 0.3) is 0 Å². The van der Waals surface area contributed by atoms with Crippen molar-refractivity contribution >= 4 is 5.97 Å². The van der Waals surface area contributed by atoms with Gasteiger partial charge < -0.3 is 4.74 Å². The maximum absolute atomic E-state index is 11.9. The van der Waals surface area contributed by atoms with Crippen molar-refractivity contribution < 1.29 is 19.3 Å². The van der Waals surface area contributed by atoms with Gasteiger partial charge >= 0.3 is 5.97 Å². The first kappa shape index (κ1) is 12.5. The van der Waals surface area contributed by atoms with E-state index < -0.39 is 11.2 Å². The Kier molecular flexibility index (Phi) is 3.41. The molecule has 1 aliphatic heterocycles. The van der Waals surface area contributed by atoms with Gasteiger partial charge in [0.1, 0.15) is 11.7 Å². The van der Waals surface area contributed by atoms with Crippen molar-refractivity contribution in [2.24, 2.45) is 0 Å². The van der Waals surface area contributed by atoms with Crippen LogP contribution in [0.5, 0.6) is 0 Å². The van der Waals surface area contributed by atoms with Crippen molar-refractivity contribution in [1.29, 1.82) is 0 Å². The van der Waals surface area contributed by atoms with E-state index in [4.69, 9.17) is 14.5 Å². The summed E-state index contributed by atoms with van der Waals surface area (Å²) >= 11 is 0. The van der Waals surface area contributed by atoms with E-state index >= 15 is 0 Å². The molecular formula is C11H20O4. The molecule has 0 aromatic rings. The van der Waals surface area contributed by atoms with Crippen LogP contribution in [0, 0.1) is 0 Å². The van der Waals surface area contributed by atoms with E-state index in [1.165, 1.54) is 0 Å². The monoisotopic (exact) mass is 216 g/mol. The highest BCUT2D eigenvalue weighted by Crippen LogP contribution is 2.37. The van der Waals surface area contributed by atoms with Crippen molar-refractivity contribution in [1.82, 2.24) is 0 Å². The van der Waals surface area contributed by atoms with Crippen molar-refractivity contribution in [2.75, 3.05) is 0 Å². The second-order valence-corrected chi connectivity index (χ2v) is 4.82. The van der Waals surface area contributed by atoms with Gasteiger partial charge in [-0.15, -0.1) is 0 Å². The van der Waals surface area contributed by atoms with Gasteiger partial charge in [0, 0.05) is 0 Å². The number of ether oxygens (including phenoxy) is 1. The van der Waals surface area contributed by atoms with Crippen LogP contribution < -0.4 is 0 Å². The Hall–Kier alpha value is -0.610. The summed E-state index contributed by atoms with van der Waals surface area (Å²) in [4.78, 5) is 21.9. The van der Waals surface area contributed by atoms with Gasteiger partial charge in [0.15, 0.2) is 0 Å². The number of carbonyl (C=O) groups is 1. The van der Waals surface area contributed by atoms with Crippen LogP contribution in [0.15, 0.2) is 0 Å². The Morgan fingerprint density at radius 2 is 2.00 bits per heavy atom. The van der Waals surface area contributed by atoms with Crippen LogP contribution in [-0.2, 0) is 19.3 Å². The quantitative estimate of drug-likeness (QED) is 0.536. The molecule has 0 amide bonds. The fourth-order valence-corrected chi connectivity index (χ4v) is 1.59. The van der Waals surface area contributed by atoms with Crippen LogP contribution in [-0.4, -0.2) is 23.3 Å². The van der Waals surface area contributed by atoms with Crippen molar-refractivity contribution in [3.8, 4) is 0 Å². The van der Waals surface area contributed by atoms with Gasteiger partial charge in [-0.2, -0.15) is 0 Å². The molecular weight excluding hydrogens is 196 g/mol. The average Bonchev–Trinajstić information content (AvgIpc) is 2.01. The molecule has 15 heavy (non-hydrogen) atoms. The van der Waals surface area contributed by atoms with Crippen LogP contribution in [0.4, 0.5) is 0 Å². The molecule has 0 spiro atoms. The van der Waals surface area contributed by atoms with Gasteiger partial charge in [-0.3, -0.25) is 0 Å². The number of hydrogen-bond donors (Lipinski definition) is 0. The molecule has 1 aliphatic rings. The van der Waals surface area contributed by atoms with E-state index in [1.54, 1.807) is 0 Å². The third-order valence-electron chi connectivity index (χ3n) is 2.47. The predicted octanol–water partition coefficient (Wildman–Crippen LogP) is 2.22. The fourth-order valence-electron chi connectivity index (χ4n) is 1.59. The minimum absolute atomic E-state index is 0.183. The summed E-state index contributed by atoms with van der Waals surface area (Å²) in [5.74, 6) is -0.324. The van der Waals surface area contributed by atoms with Crippen LogP contribution in [0.25, 0.3) is 0 Å². The zero-order chi connectivity index (χ0) is 11.7.